The summed E-state index contributed by atoms with van der Waals surface area (Å²) in [6.07, 6.45) is 2.05. The van der Waals surface area contributed by atoms with E-state index in [-0.39, 0.29) is 29.2 Å². The first-order valence-corrected chi connectivity index (χ1v) is 11.2. The lowest BCUT2D eigenvalue weighted by Crippen LogP contribution is -2.42. The van der Waals surface area contributed by atoms with Crippen LogP contribution >= 0.6 is 11.5 Å². The maximum Gasteiger partial charge on any atom is 0.264 e. The van der Waals surface area contributed by atoms with E-state index in [9.17, 15) is 14.7 Å². The molecule has 3 N–H and O–H groups in total. The van der Waals surface area contributed by atoms with E-state index in [4.69, 9.17) is 0 Å². The molecule has 3 rings (SSSR count). The number of nitrogens with one attached hydrogen (secondary N) is 2. The van der Waals surface area contributed by atoms with E-state index in [0.717, 1.165) is 23.5 Å². The van der Waals surface area contributed by atoms with Crippen molar-refractivity contribution in [1.29, 1.82) is 0 Å². The number of amides is 2. The molecule has 0 unspecified atom stereocenters. The lowest BCUT2D eigenvalue weighted by molar-refractivity contribution is -0.120. The summed E-state index contributed by atoms with van der Waals surface area (Å²) in [5, 5.41) is 20.7. The van der Waals surface area contributed by atoms with Crippen molar-refractivity contribution in [2.75, 3.05) is 6.54 Å². The van der Waals surface area contributed by atoms with Crippen LogP contribution in [0.3, 0.4) is 0 Å². The summed E-state index contributed by atoms with van der Waals surface area (Å²) in [6.45, 7) is 5.91. The van der Waals surface area contributed by atoms with Crippen LogP contribution in [-0.4, -0.2) is 45.2 Å². The van der Waals surface area contributed by atoms with Crippen LogP contribution in [0.4, 0.5) is 0 Å². The smallest absolute Gasteiger partial charge is 0.264 e. The number of carbonyl (C=O) groups is 2. The number of nitrogens with zero attached hydrogens (tertiary/aromatic N) is 2. The van der Waals surface area contributed by atoms with Crippen LogP contribution in [0.2, 0.25) is 0 Å². The van der Waals surface area contributed by atoms with E-state index in [1.54, 1.807) is 0 Å². The number of aliphatic hydroxyl groups is 1. The normalized spacial score (nSPS) is 24.3. The molecule has 2 amide bonds. The van der Waals surface area contributed by atoms with Crippen molar-refractivity contribution in [3.63, 3.8) is 0 Å². The van der Waals surface area contributed by atoms with Gasteiger partial charge in [-0.1, -0.05) is 48.7 Å². The second-order valence-corrected chi connectivity index (χ2v) is 9.18. The number of hydrogen-bond acceptors (Lipinski definition) is 6. The molecule has 162 valence electrons. The molecule has 0 radical (unpaired) electrons. The average Bonchev–Trinajstić information content (AvgIpc) is 3.17. The molecule has 3 atom stereocenters. The summed E-state index contributed by atoms with van der Waals surface area (Å²) < 4.78 is 3.95. The van der Waals surface area contributed by atoms with Gasteiger partial charge < -0.3 is 15.7 Å². The highest BCUT2D eigenvalue weighted by atomic mass is 32.1. The molecule has 0 saturated heterocycles. The maximum atomic E-state index is 12.9. The lowest BCUT2D eigenvalue weighted by atomic mass is 9.74. The van der Waals surface area contributed by atoms with E-state index < -0.39 is 6.10 Å². The van der Waals surface area contributed by atoms with Gasteiger partial charge in [-0.15, -0.1) is 5.10 Å². The Morgan fingerprint density at radius 2 is 1.93 bits per heavy atom. The highest BCUT2D eigenvalue weighted by molar-refractivity contribution is 7.08. The first kappa shape index (κ1) is 22.4. The fourth-order valence-electron chi connectivity index (χ4n) is 4.23. The number of rotatable bonds is 6. The first-order chi connectivity index (χ1) is 14.3. The van der Waals surface area contributed by atoms with Gasteiger partial charge in [0.2, 0.25) is 5.91 Å². The van der Waals surface area contributed by atoms with Gasteiger partial charge in [-0.2, -0.15) is 0 Å². The zero-order chi connectivity index (χ0) is 21.7. The molecule has 8 heteroatoms. The fourth-order valence-corrected chi connectivity index (χ4v) is 4.96. The fraction of sp³-hybridized carbons (Fsp3) is 0.545. The predicted octanol–water partition coefficient (Wildman–Crippen LogP) is 2.77. The highest BCUT2D eigenvalue weighted by Gasteiger charge is 2.38. The Balaban J connectivity index is 1.82. The van der Waals surface area contributed by atoms with Gasteiger partial charge in [0.25, 0.3) is 5.91 Å². The zero-order valence-corrected chi connectivity index (χ0v) is 18.5. The Hall–Kier alpha value is -2.32. The topological polar surface area (TPSA) is 104 Å². The number of carbonyl (C=O) groups excluding carboxylic acids is 2. The minimum Gasteiger partial charge on any atom is -0.391 e. The minimum absolute atomic E-state index is 0.124. The average molecular weight is 431 g/mol. The summed E-state index contributed by atoms with van der Waals surface area (Å²) in [7, 11) is 0. The van der Waals surface area contributed by atoms with Gasteiger partial charge in [-0.25, -0.2) is 0 Å². The van der Waals surface area contributed by atoms with E-state index in [1.165, 1.54) is 6.92 Å². The Bertz CT molecular complexity index is 870. The Labute approximate surface area is 181 Å². The van der Waals surface area contributed by atoms with Crippen molar-refractivity contribution >= 4 is 23.3 Å². The van der Waals surface area contributed by atoms with Crippen molar-refractivity contribution in [2.45, 2.75) is 69.9 Å². The molecule has 1 aromatic carbocycles. The zero-order valence-electron chi connectivity index (χ0n) is 17.7. The largest absolute Gasteiger partial charge is 0.391 e. The van der Waals surface area contributed by atoms with Crippen LogP contribution in [0.25, 0.3) is 0 Å². The van der Waals surface area contributed by atoms with Crippen molar-refractivity contribution < 1.29 is 14.7 Å². The van der Waals surface area contributed by atoms with Crippen LogP contribution in [-0.2, 0) is 10.2 Å². The summed E-state index contributed by atoms with van der Waals surface area (Å²) >= 11 is 1.12. The van der Waals surface area contributed by atoms with Crippen molar-refractivity contribution in [1.82, 2.24) is 20.2 Å². The second-order valence-electron chi connectivity index (χ2n) is 8.42. The molecule has 1 fully saturated rings. The molecule has 1 saturated carbocycles. The summed E-state index contributed by atoms with van der Waals surface area (Å²) in [5.74, 6) is -0.176. The second kappa shape index (κ2) is 9.66. The summed E-state index contributed by atoms with van der Waals surface area (Å²) in [6, 6.07) is 9.84. The van der Waals surface area contributed by atoms with Crippen LogP contribution in [0.5, 0.6) is 0 Å². The molecule has 0 bridgehead atoms. The minimum atomic E-state index is -0.603. The lowest BCUT2D eigenvalue weighted by Gasteiger charge is -2.34. The third-order valence-electron chi connectivity index (χ3n) is 5.95. The monoisotopic (exact) mass is 430 g/mol. The quantitative estimate of drug-likeness (QED) is 0.612. The first-order valence-electron chi connectivity index (χ1n) is 10.4. The molecule has 30 heavy (non-hydrogen) atoms. The van der Waals surface area contributed by atoms with Gasteiger partial charge in [-0.3, -0.25) is 9.59 Å². The summed E-state index contributed by atoms with van der Waals surface area (Å²) in [4.78, 5) is 25.0. The van der Waals surface area contributed by atoms with Gasteiger partial charge in [0.05, 0.1) is 17.8 Å². The summed E-state index contributed by atoms with van der Waals surface area (Å²) in [5.41, 5.74) is 1.53. The Kier molecular flexibility index (Phi) is 7.20. The number of hydrogen-bond donors (Lipinski definition) is 3. The van der Waals surface area contributed by atoms with Gasteiger partial charge in [-0.05, 0) is 48.7 Å². The molecular weight excluding hydrogens is 400 g/mol. The van der Waals surface area contributed by atoms with Crippen LogP contribution < -0.4 is 10.6 Å². The van der Waals surface area contributed by atoms with E-state index in [2.05, 4.69) is 32.4 Å². The SMILES string of the molecule is CC(=O)N[C@H]1CC[C@](CNC(=O)c2snnc2C(C)C)(c2ccccc2)CC[C@@H]1O. The van der Waals surface area contributed by atoms with Gasteiger partial charge in [0, 0.05) is 18.9 Å². The highest BCUT2D eigenvalue weighted by Crippen LogP contribution is 2.38. The number of benzene rings is 1. The Morgan fingerprint density at radius 3 is 2.60 bits per heavy atom. The molecule has 1 heterocycles. The van der Waals surface area contributed by atoms with Crippen LogP contribution in [0.15, 0.2) is 30.3 Å². The van der Waals surface area contributed by atoms with Gasteiger partial charge in [0.15, 0.2) is 0 Å². The van der Waals surface area contributed by atoms with Crippen molar-refractivity contribution in [3.05, 3.63) is 46.5 Å². The number of aliphatic hydroxyl groups excluding tert-OH is 1. The maximum absolute atomic E-state index is 12.9. The molecule has 1 aliphatic rings. The molecule has 1 aliphatic carbocycles. The van der Waals surface area contributed by atoms with E-state index >= 15 is 0 Å². The number of aromatic nitrogens is 2. The Morgan fingerprint density at radius 1 is 1.23 bits per heavy atom. The third-order valence-corrected chi connectivity index (χ3v) is 6.69. The molecule has 1 aromatic heterocycles. The van der Waals surface area contributed by atoms with E-state index in [0.29, 0.717) is 36.4 Å². The molecule has 0 aliphatic heterocycles. The van der Waals surface area contributed by atoms with Crippen LogP contribution in [0, 0.1) is 0 Å². The standard InChI is InChI=1S/C22H30N4O3S/c1-14(2)19-20(30-26-25-19)21(29)23-13-22(16-7-5-4-6-8-16)11-9-17(24-15(3)27)18(28)10-12-22/h4-8,14,17-18,28H,9-13H2,1-3H3,(H,23,29)(H,24,27)/t17-,18-,22-/m0/s1. The van der Waals surface area contributed by atoms with Gasteiger partial charge >= 0.3 is 0 Å². The van der Waals surface area contributed by atoms with Crippen molar-refractivity contribution in [2.24, 2.45) is 0 Å². The molecular formula is C22H30N4O3S. The van der Waals surface area contributed by atoms with Crippen LogP contribution in [0.1, 0.15) is 73.3 Å². The molecule has 7 nitrogen and oxygen atoms in total. The predicted molar refractivity (Wildman–Crippen MR) is 117 cm³/mol. The van der Waals surface area contributed by atoms with Gasteiger partial charge in [0.1, 0.15) is 4.88 Å². The van der Waals surface area contributed by atoms with E-state index in [1.807, 2.05) is 32.0 Å². The third kappa shape index (κ3) is 5.05. The molecule has 0 spiro atoms. The molecule has 2 aromatic rings. The van der Waals surface area contributed by atoms with Crippen molar-refractivity contribution in [3.8, 4) is 0 Å².